The lowest BCUT2D eigenvalue weighted by Gasteiger charge is -2.13. The van der Waals surface area contributed by atoms with Crippen molar-refractivity contribution in [1.29, 1.82) is 0 Å². The normalized spacial score (nSPS) is 11.4. The Hall–Kier alpha value is -3.81. The van der Waals surface area contributed by atoms with E-state index in [1.54, 1.807) is 25.1 Å². The highest BCUT2D eigenvalue weighted by Crippen LogP contribution is 2.29. The van der Waals surface area contributed by atoms with Crippen molar-refractivity contribution in [2.75, 3.05) is 5.32 Å². The maximum Gasteiger partial charge on any atom is 0.416 e. The van der Waals surface area contributed by atoms with E-state index >= 15 is 0 Å². The molecule has 0 fully saturated rings. The lowest BCUT2D eigenvalue weighted by atomic mass is 10.1. The van der Waals surface area contributed by atoms with Crippen molar-refractivity contribution in [2.45, 2.75) is 33.4 Å². The monoisotopic (exact) mass is 487 g/mol. The number of aromatic nitrogens is 1. The molecule has 0 aliphatic carbocycles. The summed E-state index contributed by atoms with van der Waals surface area (Å²) in [6.07, 6.45) is -0.178. The summed E-state index contributed by atoms with van der Waals surface area (Å²) in [5, 5.41) is 2.94. The summed E-state index contributed by atoms with van der Waals surface area (Å²) in [5.41, 5.74) is 2.98. The SMILES string of the molecule is C=CN=C(Oc1ccc(NC(=C)CC)c(F)c1)c1c(C)ccn1C.Cc1cccc(C(F)(F)F)c1. The second kappa shape index (κ2) is 12.1. The largest absolute Gasteiger partial charge is 0.437 e. The number of aliphatic imine (C=N–C) groups is 1. The summed E-state index contributed by atoms with van der Waals surface area (Å²) in [4.78, 5) is 4.18. The fourth-order valence-corrected chi connectivity index (χ4v) is 3.07. The molecule has 0 amide bonds. The van der Waals surface area contributed by atoms with Gasteiger partial charge in [0, 0.05) is 31.2 Å². The van der Waals surface area contributed by atoms with Crippen LogP contribution in [-0.2, 0) is 13.2 Å². The second-order valence-corrected chi connectivity index (χ2v) is 7.77. The van der Waals surface area contributed by atoms with Crippen LogP contribution < -0.4 is 10.1 Å². The number of rotatable bonds is 6. The fourth-order valence-electron chi connectivity index (χ4n) is 3.07. The van der Waals surface area contributed by atoms with E-state index in [2.05, 4.69) is 23.5 Å². The van der Waals surface area contributed by atoms with Crippen molar-refractivity contribution in [3.8, 4) is 5.75 Å². The molecule has 0 atom stereocenters. The van der Waals surface area contributed by atoms with Gasteiger partial charge >= 0.3 is 6.18 Å². The number of alkyl halides is 3. The number of halogens is 4. The van der Waals surface area contributed by atoms with Gasteiger partial charge in [-0.3, -0.25) is 0 Å². The van der Waals surface area contributed by atoms with Gasteiger partial charge in [-0.1, -0.05) is 43.8 Å². The molecule has 0 bridgehead atoms. The first-order valence-corrected chi connectivity index (χ1v) is 10.8. The van der Waals surface area contributed by atoms with Crippen LogP contribution >= 0.6 is 0 Å². The Labute approximate surface area is 203 Å². The van der Waals surface area contributed by atoms with Crippen LogP contribution in [0.25, 0.3) is 0 Å². The van der Waals surface area contributed by atoms with Crippen molar-refractivity contribution in [1.82, 2.24) is 4.57 Å². The summed E-state index contributed by atoms with van der Waals surface area (Å²) in [6.45, 7) is 13.0. The average molecular weight is 488 g/mol. The summed E-state index contributed by atoms with van der Waals surface area (Å²) < 4.78 is 57.8. The van der Waals surface area contributed by atoms with Crippen molar-refractivity contribution in [3.63, 3.8) is 0 Å². The molecule has 186 valence electrons. The third kappa shape index (κ3) is 7.88. The standard InChI is InChI=1S/C19H22FN3O.C8H7F3/c1-6-14(4)22-17-9-8-15(12-16(17)20)24-19(21-7-2)18-13(3)10-11-23(18)5;1-6-3-2-4-7(5-6)8(9,10)11/h7-12,22H,2,4,6H2,1,3,5H3;2-5H,1H3. The third-order valence-electron chi connectivity index (χ3n) is 4.92. The molecule has 1 heterocycles. The molecule has 0 aliphatic rings. The van der Waals surface area contributed by atoms with Crippen LogP contribution in [0.2, 0.25) is 0 Å². The minimum absolute atomic E-state index is 0.362. The molecule has 1 N–H and O–H groups in total. The number of benzene rings is 2. The van der Waals surface area contributed by atoms with Gasteiger partial charge < -0.3 is 14.6 Å². The molecular formula is C27H29F4N3O. The zero-order valence-corrected chi connectivity index (χ0v) is 20.2. The van der Waals surface area contributed by atoms with Crippen molar-refractivity contribution in [3.05, 3.63) is 108 Å². The molecule has 3 aromatic rings. The van der Waals surface area contributed by atoms with E-state index in [-0.39, 0.29) is 0 Å². The number of aryl methyl sites for hydroxylation is 3. The van der Waals surface area contributed by atoms with E-state index in [0.29, 0.717) is 22.9 Å². The maximum absolute atomic E-state index is 14.2. The Morgan fingerprint density at radius 3 is 2.34 bits per heavy atom. The van der Waals surface area contributed by atoms with E-state index in [1.807, 2.05) is 37.7 Å². The summed E-state index contributed by atoms with van der Waals surface area (Å²) in [5.74, 6) is 0.318. The van der Waals surface area contributed by atoms with E-state index < -0.39 is 17.6 Å². The highest BCUT2D eigenvalue weighted by atomic mass is 19.4. The summed E-state index contributed by atoms with van der Waals surface area (Å²) in [6, 6.07) is 11.8. The first-order chi connectivity index (χ1) is 16.5. The molecule has 4 nitrogen and oxygen atoms in total. The molecule has 0 spiro atoms. The topological polar surface area (TPSA) is 38.5 Å². The van der Waals surface area contributed by atoms with E-state index in [4.69, 9.17) is 4.74 Å². The third-order valence-corrected chi connectivity index (χ3v) is 4.92. The number of ether oxygens (including phenoxy) is 1. The molecule has 0 unspecified atom stereocenters. The zero-order valence-electron chi connectivity index (χ0n) is 20.2. The van der Waals surface area contributed by atoms with Crippen molar-refractivity contribution < 1.29 is 22.3 Å². The molecule has 3 rings (SSSR count). The molecule has 0 aliphatic heterocycles. The Morgan fingerprint density at radius 1 is 1.14 bits per heavy atom. The van der Waals surface area contributed by atoms with Gasteiger partial charge in [-0.2, -0.15) is 13.2 Å². The Balaban J connectivity index is 0.000000328. The molecule has 2 aromatic carbocycles. The van der Waals surface area contributed by atoms with Crippen LogP contribution in [-0.4, -0.2) is 10.5 Å². The van der Waals surface area contributed by atoms with Gasteiger partial charge in [-0.05, 0) is 50.1 Å². The van der Waals surface area contributed by atoms with Crippen molar-refractivity contribution >= 4 is 11.6 Å². The summed E-state index contributed by atoms with van der Waals surface area (Å²) >= 11 is 0. The zero-order chi connectivity index (χ0) is 26.2. The minimum Gasteiger partial charge on any atom is -0.437 e. The van der Waals surface area contributed by atoms with E-state index in [9.17, 15) is 17.6 Å². The number of hydrogen-bond donors (Lipinski definition) is 1. The number of nitrogens with one attached hydrogen (secondary N) is 1. The first-order valence-electron chi connectivity index (χ1n) is 10.8. The lowest BCUT2D eigenvalue weighted by Crippen LogP contribution is -2.15. The highest BCUT2D eigenvalue weighted by molar-refractivity contribution is 5.96. The molecule has 0 saturated heterocycles. The van der Waals surface area contributed by atoms with Crippen LogP contribution in [0.1, 0.15) is 35.7 Å². The Bertz CT molecular complexity index is 1190. The van der Waals surface area contributed by atoms with Gasteiger partial charge in [-0.15, -0.1) is 0 Å². The van der Waals surface area contributed by atoms with Crippen LogP contribution in [0.5, 0.6) is 5.75 Å². The van der Waals surface area contributed by atoms with E-state index in [0.717, 1.165) is 35.5 Å². The van der Waals surface area contributed by atoms with Gasteiger partial charge in [0.05, 0.1) is 11.3 Å². The smallest absolute Gasteiger partial charge is 0.416 e. The van der Waals surface area contributed by atoms with Gasteiger partial charge in [0.2, 0.25) is 5.90 Å². The lowest BCUT2D eigenvalue weighted by molar-refractivity contribution is -0.137. The predicted molar refractivity (Wildman–Crippen MR) is 133 cm³/mol. The van der Waals surface area contributed by atoms with Crippen LogP contribution in [0.4, 0.5) is 23.2 Å². The van der Waals surface area contributed by atoms with Crippen LogP contribution in [0.3, 0.4) is 0 Å². The second-order valence-electron chi connectivity index (χ2n) is 7.77. The average Bonchev–Trinajstić information content (AvgIpc) is 3.13. The first kappa shape index (κ1) is 27.4. The maximum atomic E-state index is 14.2. The number of allylic oxidation sites excluding steroid dienone is 1. The van der Waals surface area contributed by atoms with Crippen LogP contribution in [0, 0.1) is 19.7 Å². The molecule has 35 heavy (non-hydrogen) atoms. The van der Waals surface area contributed by atoms with Crippen LogP contribution in [0.15, 0.2) is 84.8 Å². The molecule has 1 aromatic heterocycles. The highest BCUT2D eigenvalue weighted by Gasteiger charge is 2.29. The van der Waals surface area contributed by atoms with E-state index in [1.165, 1.54) is 18.3 Å². The van der Waals surface area contributed by atoms with Gasteiger partial charge in [0.1, 0.15) is 17.3 Å². The molecule has 8 heteroatoms. The number of nitrogens with zero attached hydrogens (tertiary/aromatic N) is 2. The molecular weight excluding hydrogens is 458 g/mol. The fraction of sp³-hybridized carbons (Fsp3) is 0.222. The van der Waals surface area contributed by atoms with Gasteiger partial charge in [-0.25, -0.2) is 9.38 Å². The number of anilines is 1. The molecule has 0 radical (unpaired) electrons. The Morgan fingerprint density at radius 2 is 1.86 bits per heavy atom. The number of hydrogen-bond acceptors (Lipinski definition) is 3. The van der Waals surface area contributed by atoms with Gasteiger partial charge in [0.15, 0.2) is 0 Å². The summed E-state index contributed by atoms with van der Waals surface area (Å²) in [7, 11) is 1.90. The predicted octanol–water partition coefficient (Wildman–Crippen LogP) is 7.79. The molecule has 0 saturated carbocycles. The van der Waals surface area contributed by atoms with Crippen molar-refractivity contribution in [2.24, 2.45) is 12.0 Å². The van der Waals surface area contributed by atoms with Gasteiger partial charge in [0.25, 0.3) is 0 Å². The minimum atomic E-state index is -4.22. The quantitative estimate of drug-likeness (QED) is 0.219. The Kier molecular flexibility index (Phi) is 9.45.